The zero-order valence-corrected chi connectivity index (χ0v) is 19.9. The van der Waals surface area contributed by atoms with Crippen molar-refractivity contribution in [3.05, 3.63) is 58.8 Å². The number of methoxy groups -OCH3 is 1. The summed E-state index contributed by atoms with van der Waals surface area (Å²) in [7, 11) is 1.44. The number of benzene rings is 2. The molecular formula is C25H24F6N2O3. The minimum Gasteiger partial charge on any atom is -0.497 e. The van der Waals surface area contributed by atoms with Gasteiger partial charge >= 0.3 is 18.4 Å². The number of nitrogens with zero attached hydrogens (tertiary/aromatic N) is 1. The summed E-state index contributed by atoms with van der Waals surface area (Å²) in [6.07, 6.45) is -9.68. The average molecular weight is 514 g/mol. The summed E-state index contributed by atoms with van der Waals surface area (Å²) in [4.78, 5) is 13.5. The van der Waals surface area contributed by atoms with E-state index in [1.807, 2.05) is 20.8 Å². The Labute approximate surface area is 203 Å². The molecule has 2 heterocycles. The van der Waals surface area contributed by atoms with E-state index >= 15 is 0 Å². The van der Waals surface area contributed by atoms with Crippen molar-refractivity contribution in [2.24, 2.45) is 0 Å². The number of hydrogen-bond acceptors (Lipinski definition) is 3. The monoisotopic (exact) mass is 514 g/mol. The molecule has 0 radical (unpaired) electrons. The zero-order valence-electron chi connectivity index (χ0n) is 19.9. The van der Waals surface area contributed by atoms with Crippen LogP contribution in [0, 0.1) is 0 Å². The number of carbonyl (C=O) groups is 1. The molecule has 0 spiro atoms. The Morgan fingerprint density at radius 3 is 2.22 bits per heavy atom. The molecule has 1 atom stereocenters. The van der Waals surface area contributed by atoms with E-state index in [1.54, 1.807) is 18.2 Å². The molecule has 5 nitrogen and oxygen atoms in total. The van der Waals surface area contributed by atoms with Crippen molar-refractivity contribution >= 4 is 22.6 Å². The highest BCUT2D eigenvalue weighted by atomic mass is 19.4. The van der Waals surface area contributed by atoms with Crippen molar-refractivity contribution in [2.45, 2.75) is 57.7 Å². The summed E-state index contributed by atoms with van der Waals surface area (Å²) in [6, 6.07) is 5.14. The van der Waals surface area contributed by atoms with Crippen LogP contribution >= 0.6 is 0 Å². The molecule has 0 unspecified atom stereocenters. The number of hydrogen-bond donors (Lipinski definition) is 1. The van der Waals surface area contributed by atoms with Gasteiger partial charge in [0, 0.05) is 23.6 Å². The molecule has 36 heavy (non-hydrogen) atoms. The van der Waals surface area contributed by atoms with Gasteiger partial charge in [0.1, 0.15) is 5.75 Å². The fourth-order valence-corrected chi connectivity index (χ4v) is 4.62. The lowest BCUT2D eigenvalue weighted by Crippen LogP contribution is -2.36. The molecule has 0 aliphatic carbocycles. The van der Waals surface area contributed by atoms with E-state index in [0.717, 1.165) is 10.9 Å². The predicted molar refractivity (Wildman–Crippen MR) is 121 cm³/mol. The summed E-state index contributed by atoms with van der Waals surface area (Å²) in [5, 5.41) is 2.96. The number of nitrogens with one attached hydrogen (secondary N) is 1. The second kappa shape index (κ2) is 8.72. The lowest BCUT2D eigenvalue weighted by molar-refractivity contribution is -0.143. The van der Waals surface area contributed by atoms with Crippen LogP contribution in [-0.4, -0.2) is 23.3 Å². The molecule has 2 aromatic carbocycles. The van der Waals surface area contributed by atoms with E-state index in [1.165, 1.54) is 11.7 Å². The Morgan fingerprint density at radius 1 is 1.08 bits per heavy atom. The van der Waals surface area contributed by atoms with Crippen LogP contribution in [-0.2, 0) is 23.5 Å². The number of ether oxygens (including phenoxy) is 2. The molecule has 1 N–H and O–H groups in total. The fraction of sp³-hybridized carbons (Fsp3) is 0.400. The minimum absolute atomic E-state index is 0.0104. The Bertz CT molecular complexity index is 1290. The number of anilines is 1. The predicted octanol–water partition coefficient (Wildman–Crippen LogP) is 7.57. The summed E-state index contributed by atoms with van der Waals surface area (Å²) in [5.41, 5.74) is -2.50. The van der Waals surface area contributed by atoms with Crippen molar-refractivity contribution in [2.75, 3.05) is 12.4 Å². The van der Waals surface area contributed by atoms with Gasteiger partial charge in [0.05, 0.1) is 41.2 Å². The summed E-state index contributed by atoms with van der Waals surface area (Å²) < 4.78 is 92.6. The number of fused-ring (bicyclic) bond motifs is 3. The fourth-order valence-electron chi connectivity index (χ4n) is 4.62. The summed E-state index contributed by atoms with van der Waals surface area (Å²) in [6.45, 7) is 5.68. The highest BCUT2D eigenvalue weighted by molar-refractivity contribution is 6.01. The van der Waals surface area contributed by atoms with Crippen LogP contribution in [0.5, 0.6) is 5.75 Å². The van der Waals surface area contributed by atoms with Crippen LogP contribution in [0.15, 0.2) is 36.4 Å². The zero-order chi connectivity index (χ0) is 26.6. The molecule has 1 aliphatic rings. The standard InChI is InChI=1S/C25H24F6N2O3/c1-5-20-21-18(12-23(2,3)36-20)17-7-6-16(35-4)11-19(17)33(21)22(34)32-15-9-13(24(26,27)28)8-14(10-15)25(29,30)31/h6-11,20H,5,12H2,1-4H3,(H,32,34)/t20-/m0/s1. The van der Waals surface area contributed by atoms with Gasteiger partial charge in [0.25, 0.3) is 0 Å². The van der Waals surface area contributed by atoms with E-state index in [-0.39, 0.29) is 6.07 Å². The Hall–Kier alpha value is -3.21. The average Bonchev–Trinajstić information content (AvgIpc) is 3.09. The summed E-state index contributed by atoms with van der Waals surface area (Å²) in [5.74, 6) is 0.429. The molecule has 1 aromatic heterocycles. The summed E-state index contributed by atoms with van der Waals surface area (Å²) >= 11 is 0. The first-order valence-corrected chi connectivity index (χ1v) is 11.1. The Morgan fingerprint density at radius 2 is 1.69 bits per heavy atom. The second-order valence-electron chi connectivity index (χ2n) is 9.26. The van der Waals surface area contributed by atoms with E-state index in [0.29, 0.717) is 41.9 Å². The maximum atomic E-state index is 13.5. The molecule has 4 rings (SSSR count). The van der Waals surface area contributed by atoms with E-state index in [2.05, 4.69) is 5.32 Å². The van der Waals surface area contributed by atoms with Gasteiger partial charge in [-0.1, -0.05) is 6.92 Å². The van der Waals surface area contributed by atoms with E-state index in [4.69, 9.17) is 9.47 Å². The van der Waals surface area contributed by atoms with Gasteiger partial charge in [-0.2, -0.15) is 26.3 Å². The van der Waals surface area contributed by atoms with Gasteiger partial charge in [-0.05, 0) is 56.2 Å². The first-order chi connectivity index (χ1) is 16.6. The lowest BCUT2D eigenvalue weighted by atomic mass is 9.90. The first-order valence-electron chi connectivity index (χ1n) is 11.1. The van der Waals surface area contributed by atoms with Crippen molar-refractivity contribution in [1.82, 2.24) is 4.57 Å². The van der Waals surface area contributed by atoms with E-state index in [9.17, 15) is 31.1 Å². The quantitative estimate of drug-likeness (QED) is 0.367. The largest absolute Gasteiger partial charge is 0.497 e. The van der Waals surface area contributed by atoms with Gasteiger partial charge in [-0.3, -0.25) is 4.57 Å². The molecule has 0 saturated carbocycles. The van der Waals surface area contributed by atoms with Crippen molar-refractivity contribution in [3.8, 4) is 5.75 Å². The van der Waals surface area contributed by atoms with Gasteiger partial charge < -0.3 is 14.8 Å². The molecule has 0 saturated heterocycles. The van der Waals surface area contributed by atoms with Gasteiger partial charge in [-0.15, -0.1) is 0 Å². The highest BCUT2D eigenvalue weighted by Crippen LogP contribution is 2.44. The topological polar surface area (TPSA) is 52.5 Å². The number of rotatable bonds is 3. The maximum absolute atomic E-state index is 13.5. The smallest absolute Gasteiger partial charge is 0.416 e. The third kappa shape index (κ3) is 4.76. The number of halogens is 6. The van der Waals surface area contributed by atoms with Crippen LogP contribution in [0.3, 0.4) is 0 Å². The number of carbonyl (C=O) groups excluding carboxylic acids is 1. The molecule has 0 bridgehead atoms. The van der Waals surface area contributed by atoms with Crippen molar-refractivity contribution < 1.29 is 40.6 Å². The molecule has 11 heteroatoms. The number of amides is 1. The molecule has 194 valence electrons. The minimum atomic E-state index is -5.04. The second-order valence-corrected chi connectivity index (χ2v) is 9.26. The Kier molecular flexibility index (Phi) is 6.27. The van der Waals surface area contributed by atoms with E-state index < -0.39 is 46.9 Å². The van der Waals surface area contributed by atoms with Gasteiger partial charge in [0.15, 0.2) is 0 Å². The molecular weight excluding hydrogens is 490 g/mol. The third-order valence-corrected chi connectivity index (χ3v) is 6.10. The van der Waals surface area contributed by atoms with Crippen LogP contribution < -0.4 is 10.1 Å². The normalized spacial score (nSPS) is 17.7. The van der Waals surface area contributed by atoms with Gasteiger partial charge in [0.2, 0.25) is 0 Å². The van der Waals surface area contributed by atoms with Crippen LogP contribution in [0.25, 0.3) is 10.9 Å². The van der Waals surface area contributed by atoms with Crippen LogP contribution in [0.4, 0.5) is 36.8 Å². The third-order valence-electron chi connectivity index (χ3n) is 6.10. The van der Waals surface area contributed by atoms with Crippen molar-refractivity contribution in [3.63, 3.8) is 0 Å². The number of alkyl halides is 6. The molecule has 3 aromatic rings. The van der Waals surface area contributed by atoms with Gasteiger partial charge in [-0.25, -0.2) is 4.79 Å². The molecule has 1 aliphatic heterocycles. The SMILES string of the molecule is CC[C@@H]1OC(C)(C)Cc2c1n(C(=O)Nc1cc(C(F)(F)F)cc(C(F)(F)F)c1)c1cc(OC)ccc21. The first kappa shape index (κ1) is 25.9. The maximum Gasteiger partial charge on any atom is 0.416 e. The van der Waals surface area contributed by atoms with Crippen LogP contribution in [0.1, 0.15) is 55.7 Å². The van der Waals surface area contributed by atoms with Crippen LogP contribution in [0.2, 0.25) is 0 Å². The molecule has 0 fully saturated rings. The lowest BCUT2D eigenvalue weighted by Gasteiger charge is -2.36. The molecule has 1 amide bonds. The number of aromatic nitrogens is 1. The highest BCUT2D eigenvalue weighted by Gasteiger charge is 2.39. The Balaban J connectivity index is 1.89. The van der Waals surface area contributed by atoms with Crippen molar-refractivity contribution in [1.29, 1.82) is 0 Å².